The summed E-state index contributed by atoms with van der Waals surface area (Å²) >= 11 is 0. The molecule has 0 saturated heterocycles. The Morgan fingerprint density at radius 1 is 0.684 bits per heavy atom. The molecule has 0 radical (unpaired) electrons. The van der Waals surface area contributed by atoms with Gasteiger partial charge in [-0.3, -0.25) is 9.59 Å². The highest BCUT2D eigenvalue weighted by atomic mass is 16.5. The molecule has 114 valence electrons. The fourth-order valence-electron chi connectivity index (χ4n) is 1.07. The summed E-state index contributed by atoms with van der Waals surface area (Å²) in [5, 5.41) is 0. The van der Waals surface area contributed by atoms with Crippen LogP contribution in [0.1, 0.15) is 72.6 Å². The van der Waals surface area contributed by atoms with Gasteiger partial charge in [0.2, 0.25) is 0 Å². The van der Waals surface area contributed by atoms with Crippen LogP contribution in [-0.4, -0.2) is 25.2 Å². The maximum Gasteiger partial charge on any atom is 0.305 e. The van der Waals surface area contributed by atoms with Crippen LogP contribution in [0.25, 0.3) is 0 Å². The van der Waals surface area contributed by atoms with Gasteiger partial charge in [-0.05, 0) is 12.8 Å². The lowest BCUT2D eigenvalue weighted by Gasteiger charge is -2.00. The van der Waals surface area contributed by atoms with Gasteiger partial charge >= 0.3 is 11.9 Å². The van der Waals surface area contributed by atoms with Crippen molar-refractivity contribution in [2.24, 2.45) is 0 Å². The van der Waals surface area contributed by atoms with Gasteiger partial charge < -0.3 is 9.47 Å². The largest absolute Gasteiger partial charge is 0.466 e. The Balaban J connectivity index is 0. The van der Waals surface area contributed by atoms with E-state index in [1.54, 1.807) is 6.92 Å². The molecule has 0 aliphatic rings. The normalized spacial score (nSPS) is 9.26. The van der Waals surface area contributed by atoms with Gasteiger partial charge in [0.05, 0.1) is 13.2 Å². The third-order valence-corrected chi connectivity index (χ3v) is 2.35. The molecule has 0 aromatic carbocycles. The van der Waals surface area contributed by atoms with Crippen molar-refractivity contribution < 1.29 is 19.1 Å². The zero-order valence-corrected chi connectivity index (χ0v) is 13.0. The molecule has 4 heteroatoms. The predicted octanol–water partition coefficient (Wildman–Crippen LogP) is 3.87. The number of hydrogen-bond donors (Lipinski definition) is 0. The average Bonchev–Trinajstić information content (AvgIpc) is 2.44. The van der Waals surface area contributed by atoms with E-state index in [4.69, 9.17) is 9.47 Å². The molecule has 0 bridgehead atoms. The number of esters is 2. The molecule has 0 fully saturated rings. The molecule has 0 spiro atoms. The minimum absolute atomic E-state index is 0.0869. The lowest BCUT2D eigenvalue weighted by Crippen LogP contribution is -2.03. The second-order valence-corrected chi connectivity index (χ2v) is 4.21. The van der Waals surface area contributed by atoms with Crippen LogP contribution in [0.15, 0.2) is 0 Å². The van der Waals surface area contributed by atoms with E-state index in [9.17, 15) is 9.59 Å². The molecule has 0 unspecified atom stereocenters. The van der Waals surface area contributed by atoms with Gasteiger partial charge in [0.25, 0.3) is 0 Å². The molecule has 0 saturated carbocycles. The minimum atomic E-state index is -0.0940. The zero-order valence-electron chi connectivity index (χ0n) is 13.0. The predicted molar refractivity (Wildman–Crippen MR) is 76.9 cm³/mol. The topological polar surface area (TPSA) is 52.6 Å². The van der Waals surface area contributed by atoms with Gasteiger partial charge in [-0.1, -0.05) is 47.0 Å². The van der Waals surface area contributed by atoms with Crippen molar-refractivity contribution in [2.45, 2.75) is 72.6 Å². The number of rotatable bonds is 9. The molecular weight excluding hydrogens is 244 g/mol. The maximum absolute atomic E-state index is 10.6. The van der Waals surface area contributed by atoms with Crippen molar-refractivity contribution in [3.05, 3.63) is 0 Å². The SMILES string of the molecule is CCCCCOC(=O)CC.CCCCOC(=O)CC. The van der Waals surface area contributed by atoms with Crippen LogP contribution < -0.4 is 0 Å². The van der Waals surface area contributed by atoms with Crippen LogP contribution in [-0.2, 0) is 19.1 Å². The minimum Gasteiger partial charge on any atom is -0.466 e. The first kappa shape index (κ1) is 20.3. The highest BCUT2D eigenvalue weighted by molar-refractivity contribution is 5.69. The summed E-state index contributed by atoms with van der Waals surface area (Å²) in [6, 6.07) is 0. The van der Waals surface area contributed by atoms with Crippen LogP contribution in [0.3, 0.4) is 0 Å². The Morgan fingerprint density at radius 2 is 1.11 bits per heavy atom. The quantitative estimate of drug-likeness (QED) is 0.473. The van der Waals surface area contributed by atoms with E-state index in [0.29, 0.717) is 26.1 Å². The summed E-state index contributed by atoms with van der Waals surface area (Å²) in [6.07, 6.45) is 6.36. The Bertz CT molecular complexity index is 214. The van der Waals surface area contributed by atoms with Gasteiger partial charge in [0.1, 0.15) is 0 Å². The molecule has 19 heavy (non-hydrogen) atoms. The Labute approximate surface area is 117 Å². The standard InChI is InChI=1S/C8H16O2.C7H14O2/c1-3-5-6-7-10-8(9)4-2;1-3-5-6-9-7(8)4-2/h3-7H2,1-2H3;3-6H2,1-2H3. The average molecular weight is 274 g/mol. The Kier molecular flexibility index (Phi) is 18.1. The molecular formula is C15H30O4. The fourth-order valence-corrected chi connectivity index (χ4v) is 1.07. The summed E-state index contributed by atoms with van der Waals surface area (Å²) in [7, 11) is 0. The molecule has 0 aliphatic heterocycles. The van der Waals surface area contributed by atoms with Gasteiger partial charge in [-0.15, -0.1) is 0 Å². The number of unbranched alkanes of at least 4 members (excludes halogenated alkanes) is 3. The van der Waals surface area contributed by atoms with E-state index in [2.05, 4.69) is 13.8 Å². The Morgan fingerprint density at radius 3 is 1.47 bits per heavy atom. The van der Waals surface area contributed by atoms with Crippen molar-refractivity contribution in [3.63, 3.8) is 0 Å². The molecule has 0 atom stereocenters. The van der Waals surface area contributed by atoms with Crippen LogP contribution >= 0.6 is 0 Å². The lowest BCUT2D eigenvalue weighted by molar-refractivity contribution is -0.144. The van der Waals surface area contributed by atoms with Crippen molar-refractivity contribution in [1.29, 1.82) is 0 Å². The summed E-state index contributed by atoms with van der Waals surface area (Å²) in [4.78, 5) is 21.0. The highest BCUT2D eigenvalue weighted by Gasteiger charge is 1.95. The number of ether oxygens (including phenoxy) is 2. The van der Waals surface area contributed by atoms with Gasteiger partial charge in [-0.25, -0.2) is 0 Å². The van der Waals surface area contributed by atoms with E-state index in [0.717, 1.165) is 25.7 Å². The van der Waals surface area contributed by atoms with E-state index in [-0.39, 0.29) is 11.9 Å². The third kappa shape index (κ3) is 19.5. The summed E-state index contributed by atoms with van der Waals surface area (Å²) in [5.41, 5.74) is 0. The van der Waals surface area contributed by atoms with Crippen molar-refractivity contribution in [2.75, 3.05) is 13.2 Å². The van der Waals surface area contributed by atoms with Crippen molar-refractivity contribution in [1.82, 2.24) is 0 Å². The molecule has 0 aromatic heterocycles. The molecule has 0 N–H and O–H groups in total. The van der Waals surface area contributed by atoms with Crippen LogP contribution in [0.5, 0.6) is 0 Å². The third-order valence-electron chi connectivity index (χ3n) is 2.35. The number of carbonyl (C=O) groups excluding carboxylic acids is 2. The summed E-state index contributed by atoms with van der Waals surface area (Å²) in [5.74, 6) is -0.181. The first-order valence-corrected chi connectivity index (χ1v) is 7.43. The smallest absolute Gasteiger partial charge is 0.305 e. The molecule has 0 aromatic rings. The lowest BCUT2D eigenvalue weighted by atomic mass is 10.3. The monoisotopic (exact) mass is 274 g/mol. The van der Waals surface area contributed by atoms with Crippen LogP contribution in [0.4, 0.5) is 0 Å². The molecule has 0 amide bonds. The molecule has 0 rings (SSSR count). The van der Waals surface area contributed by atoms with Crippen molar-refractivity contribution >= 4 is 11.9 Å². The van der Waals surface area contributed by atoms with E-state index < -0.39 is 0 Å². The van der Waals surface area contributed by atoms with Crippen LogP contribution in [0, 0.1) is 0 Å². The van der Waals surface area contributed by atoms with Gasteiger partial charge in [0, 0.05) is 12.8 Å². The van der Waals surface area contributed by atoms with E-state index in [1.165, 1.54) is 6.42 Å². The molecule has 0 aliphatic carbocycles. The van der Waals surface area contributed by atoms with Gasteiger partial charge in [0.15, 0.2) is 0 Å². The first-order valence-electron chi connectivity index (χ1n) is 7.43. The zero-order chi connectivity index (χ0) is 14.9. The summed E-state index contributed by atoms with van der Waals surface area (Å²) in [6.45, 7) is 8.99. The van der Waals surface area contributed by atoms with E-state index >= 15 is 0 Å². The maximum atomic E-state index is 10.6. The highest BCUT2D eigenvalue weighted by Crippen LogP contribution is 1.95. The number of carbonyl (C=O) groups is 2. The van der Waals surface area contributed by atoms with Crippen LogP contribution in [0.2, 0.25) is 0 Å². The second kappa shape index (κ2) is 16.9. The number of hydrogen-bond acceptors (Lipinski definition) is 4. The van der Waals surface area contributed by atoms with E-state index in [1.807, 2.05) is 6.92 Å². The fraction of sp³-hybridized carbons (Fsp3) is 0.867. The van der Waals surface area contributed by atoms with Crippen molar-refractivity contribution in [3.8, 4) is 0 Å². The summed E-state index contributed by atoms with van der Waals surface area (Å²) < 4.78 is 9.65. The molecule has 0 heterocycles. The molecule has 4 nitrogen and oxygen atoms in total. The Hall–Kier alpha value is -1.06. The second-order valence-electron chi connectivity index (χ2n) is 4.21. The first-order chi connectivity index (χ1) is 9.12. The van der Waals surface area contributed by atoms with Gasteiger partial charge in [-0.2, -0.15) is 0 Å².